The van der Waals surface area contributed by atoms with Gasteiger partial charge in [-0.25, -0.2) is 0 Å². The van der Waals surface area contributed by atoms with Gasteiger partial charge >= 0.3 is 0 Å². The molecule has 1 aliphatic carbocycles. The van der Waals surface area contributed by atoms with Crippen molar-refractivity contribution in [1.82, 2.24) is 10.6 Å². The molecule has 0 spiro atoms. The number of amides is 1. The van der Waals surface area contributed by atoms with Crippen molar-refractivity contribution in [3.8, 4) is 0 Å². The second-order valence-corrected chi connectivity index (χ2v) is 7.69. The fraction of sp³-hybridized carbons (Fsp3) is 0.944. The van der Waals surface area contributed by atoms with Crippen molar-refractivity contribution in [2.45, 2.75) is 89.1 Å². The van der Waals surface area contributed by atoms with Crippen molar-refractivity contribution in [2.24, 2.45) is 11.8 Å². The summed E-state index contributed by atoms with van der Waals surface area (Å²) in [6.07, 6.45) is 15.4. The average Bonchev–Trinajstić information content (AvgIpc) is 2.77. The van der Waals surface area contributed by atoms with E-state index in [1.54, 1.807) is 0 Å². The molecule has 2 N–H and O–H groups in total. The van der Waals surface area contributed by atoms with E-state index in [2.05, 4.69) is 10.6 Å². The first-order valence-electron chi connectivity index (χ1n) is 9.32. The predicted molar refractivity (Wildman–Crippen MR) is 93.4 cm³/mol. The maximum absolute atomic E-state index is 12.2. The lowest BCUT2D eigenvalue weighted by Gasteiger charge is -2.29. The topological polar surface area (TPSA) is 41.1 Å². The summed E-state index contributed by atoms with van der Waals surface area (Å²) in [5.41, 5.74) is 0. The van der Waals surface area contributed by atoms with Crippen LogP contribution >= 0.6 is 12.4 Å². The van der Waals surface area contributed by atoms with Gasteiger partial charge in [-0.05, 0) is 50.4 Å². The van der Waals surface area contributed by atoms with Crippen molar-refractivity contribution in [1.29, 1.82) is 0 Å². The van der Waals surface area contributed by atoms with Crippen LogP contribution in [0.1, 0.15) is 77.0 Å². The highest BCUT2D eigenvalue weighted by molar-refractivity contribution is 5.85. The molecule has 3 fully saturated rings. The molecule has 0 radical (unpaired) electrons. The zero-order chi connectivity index (χ0) is 14.5. The highest BCUT2D eigenvalue weighted by Crippen LogP contribution is 2.32. The number of carbonyl (C=O) groups excluding carboxylic acids is 1. The largest absolute Gasteiger partial charge is 0.356 e. The number of hydrogen-bond donors (Lipinski definition) is 2. The van der Waals surface area contributed by atoms with Gasteiger partial charge < -0.3 is 10.6 Å². The van der Waals surface area contributed by atoms with Crippen LogP contribution in [0.4, 0.5) is 0 Å². The van der Waals surface area contributed by atoms with Crippen LogP contribution in [0.2, 0.25) is 0 Å². The third-order valence-electron chi connectivity index (χ3n) is 5.86. The predicted octanol–water partition coefficient (Wildman–Crippen LogP) is 3.81. The summed E-state index contributed by atoms with van der Waals surface area (Å²) < 4.78 is 0. The standard InChI is InChI=1S/C18H32N2O.ClH/c21-18(12-15-10-16-8-9-17(11-15)20-16)19-13-14-6-4-2-1-3-5-7-14;/h14-17,20H,1-13H2,(H,19,21);1H. The number of hydrogen-bond acceptors (Lipinski definition) is 2. The van der Waals surface area contributed by atoms with Gasteiger partial charge in [0.1, 0.15) is 0 Å². The van der Waals surface area contributed by atoms with Gasteiger partial charge in [-0.15, -0.1) is 12.4 Å². The van der Waals surface area contributed by atoms with E-state index in [4.69, 9.17) is 0 Å². The van der Waals surface area contributed by atoms with Gasteiger partial charge in [0, 0.05) is 25.0 Å². The molecule has 3 aliphatic rings. The Balaban J connectivity index is 0.00000176. The number of halogens is 1. The summed E-state index contributed by atoms with van der Waals surface area (Å²) in [5, 5.41) is 6.90. The molecule has 0 aromatic rings. The lowest BCUT2D eigenvalue weighted by molar-refractivity contribution is -0.122. The van der Waals surface area contributed by atoms with E-state index in [-0.39, 0.29) is 12.4 Å². The van der Waals surface area contributed by atoms with E-state index < -0.39 is 0 Å². The Morgan fingerprint density at radius 2 is 1.45 bits per heavy atom. The third kappa shape index (κ3) is 5.42. The molecule has 0 aromatic carbocycles. The zero-order valence-electron chi connectivity index (χ0n) is 13.8. The van der Waals surface area contributed by atoms with Gasteiger partial charge in [0.25, 0.3) is 0 Å². The minimum Gasteiger partial charge on any atom is -0.356 e. The molecule has 1 amide bonds. The molecule has 2 bridgehead atoms. The van der Waals surface area contributed by atoms with Crippen molar-refractivity contribution in [2.75, 3.05) is 6.54 Å². The first-order chi connectivity index (χ1) is 10.3. The van der Waals surface area contributed by atoms with Gasteiger partial charge in [0.05, 0.1) is 0 Å². The molecule has 4 heteroatoms. The summed E-state index contributed by atoms with van der Waals surface area (Å²) in [4.78, 5) is 12.2. The van der Waals surface area contributed by atoms with E-state index in [9.17, 15) is 4.79 Å². The quantitative estimate of drug-likeness (QED) is 0.824. The number of nitrogens with one attached hydrogen (secondary N) is 2. The molecule has 2 saturated heterocycles. The molecule has 3 rings (SSSR count). The van der Waals surface area contributed by atoms with Crippen molar-refractivity contribution in [3.63, 3.8) is 0 Å². The Labute approximate surface area is 141 Å². The molecule has 2 atom stereocenters. The molecule has 1 saturated carbocycles. The Kier molecular flexibility index (Phi) is 7.49. The Morgan fingerprint density at radius 3 is 2.09 bits per heavy atom. The lowest BCUT2D eigenvalue weighted by Crippen LogP contribution is -2.40. The smallest absolute Gasteiger partial charge is 0.220 e. The zero-order valence-corrected chi connectivity index (χ0v) is 14.6. The summed E-state index contributed by atoms with van der Waals surface area (Å²) in [5.74, 6) is 1.67. The average molecular weight is 329 g/mol. The Hall–Kier alpha value is -0.280. The highest BCUT2D eigenvalue weighted by Gasteiger charge is 2.34. The normalized spacial score (nSPS) is 32.6. The molecule has 128 valence electrons. The number of piperidine rings is 1. The van der Waals surface area contributed by atoms with Crippen LogP contribution in [0.5, 0.6) is 0 Å². The highest BCUT2D eigenvalue weighted by atomic mass is 35.5. The molecule has 2 aliphatic heterocycles. The van der Waals surface area contributed by atoms with Gasteiger partial charge in [0.2, 0.25) is 5.91 Å². The SMILES string of the molecule is Cl.O=C(CC1CC2CCC(C1)N2)NCC1CCCCCCC1. The van der Waals surface area contributed by atoms with Crippen molar-refractivity contribution in [3.05, 3.63) is 0 Å². The lowest BCUT2D eigenvalue weighted by atomic mass is 9.89. The Bertz CT molecular complexity index is 330. The van der Waals surface area contributed by atoms with E-state index in [0.29, 0.717) is 23.9 Å². The molecular formula is C18H33ClN2O. The number of fused-ring (bicyclic) bond motifs is 2. The fourth-order valence-electron chi connectivity index (χ4n) is 4.68. The summed E-state index contributed by atoms with van der Waals surface area (Å²) in [6.45, 7) is 0.927. The molecule has 0 aromatic heterocycles. The Morgan fingerprint density at radius 1 is 0.864 bits per heavy atom. The van der Waals surface area contributed by atoms with Crippen LogP contribution in [0, 0.1) is 11.8 Å². The first kappa shape index (κ1) is 18.1. The van der Waals surface area contributed by atoms with E-state index in [1.807, 2.05) is 0 Å². The van der Waals surface area contributed by atoms with E-state index in [0.717, 1.165) is 18.9 Å². The maximum Gasteiger partial charge on any atom is 0.220 e. The molecular weight excluding hydrogens is 296 g/mol. The fourth-order valence-corrected chi connectivity index (χ4v) is 4.68. The minimum atomic E-state index is 0. The third-order valence-corrected chi connectivity index (χ3v) is 5.86. The van der Waals surface area contributed by atoms with Gasteiger partial charge in [-0.3, -0.25) is 4.79 Å². The second-order valence-electron chi connectivity index (χ2n) is 7.69. The number of rotatable bonds is 4. The van der Waals surface area contributed by atoms with Gasteiger partial charge in [0.15, 0.2) is 0 Å². The molecule has 2 unspecified atom stereocenters. The van der Waals surface area contributed by atoms with Crippen LogP contribution in [-0.2, 0) is 4.79 Å². The van der Waals surface area contributed by atoms with Crippen LogP contribution in [-0.4, -0.2) is 24.5 Å². The van der Waals surface area contributed by atoms with Crippen molar-refractivity contribution < 1.29 is 4.79 Å². The van der Waals surface area contributed by atoms with Crippen molar-refractivity contribution >= 4 is 18.3 Å². The van der Waals surface area contributed by atoms with E-state index in [1.165, 1.54) is 70.6 Å². The van der Waals surface area contributed by atoms with Crippen LogP contribution < -0.4 is 10.6 Å². The molecule has 22 heavy (non-hydrogen) atoms. The summed E-state index contributed by atoms with van der Waals surface area (Å²) in [6, 6.07) is 1.40. The summed E-state index contributed by atoms with van der Waals surface area (Å²) >= 11 is 0. The second kappa shape index (κ2) is 9.12. The van der Waals surface area contributed by atoms with Crippen LogP contribution in [0.3, 0.4) is 0 Å². The minimum absolute atomic E-state index is 0. The first-order valence-corrected chi connectivity index (χ1v) is 9.32. The molecule has 3 nitrogen and oxygen atoms in total. The maximum atomic E-state index is 12.2. The number of carbonyl (C=O) groups is 1. The van der Waals surface area contributed by atoms with Crippen LogP contribution in [0.15, 0.2) is 0 Å². The van der Waals surface area contributed by atoms with Crippen LogP contribution in [0.25, 0.3) is 0 Å². The van der Waals surface area contributed by atoms with Gasteiger partial charge in [-0.1, -0.05) is 32.1 Å². The van der Waals surface area contributed by atoms with Gasteiger partial charge in [-0.2, -0.15) is 0 Å². The monoisotopic (exact) mass is 328 g/mol. The van der Waals surface area contributed by atoms with E-state index >= 15 is 0 Å². The summed E-state index contributed by atoms with van der Waals surface area (Å²) in [7, 11) is 0. The molecule has 2 heterocycles.